The molecule has 1 saturated carbocycles. The van der Waals surface area contributed by atoms with Crippen LogP contribution in [0.2, 0.25) is 10.0 Å². The number of fused-ring (bicyclic) bond motifs is 11. The lowest BCUT2D eigenvalue weighted by Crippen LogP contribution is -2.51. The fourth-order valence-corrected chi connectivity index (χ4v) is 14.2. The van der Waals surface area contributed by atoms with E-state index in [0.29, 0.717) is 46.9 Å². The smallest absolute Gasteiger partial charge is 0.225 e. The third-order valence-electron chi connectivity index (χ3n) is 15.2. The first-order valence-electron chi connectivity index (χ1n) is 23.7. The van der Waals surface area contributed by atoms with Crippen molar-refractivity contribution in [1.29, 1.82) is 0 Å². The summed E-state index contributed by atoms with van der Waals surface area (Å²) < 4.78 is 4.23. The van der Waals surface area contributed by atoms with E-state index in [1.54, 1.807) is 22.7 Å². The highest BCUT2D eigenvalue weighted by Gasteiger charge is 2.44. The van der Waals surface area contributed by atoms with Crippen molar-refractivity contribution >= 4 is 69.1 Å². The molecular formula is C51H54Cl2N10O2S2. The van der Waals surface area contributed by atoms with Crippen molar-refractivity contribution in [3.8, 4) is 10.0 Å². The molecule has 0 N–H and O–H groups in total. The van der Waals surface area contributed by atoms with Gasteiger partial charge in [-0.05, 0) is 134 Å². The molecule has 67 heavy (non-hydrogen) atoms. The van der Waals surface area contributed by atoms with E-state index in [2.05, 4.69) is 67.0 Å². The van der Waals surface area contributed by atoms with Gasteiger partial charge >= 0.3 is 0 Å². The molecule has 7 aliphatic rings. The number of piperidine rings is 2. The maximum absolute atomic E-state index is 13.6. The Morgan fingerprint density at radius 3 is 1.40 bits per heavy atom. The van der Waals surface area contributed by atoms with E-state index in [4.69, 9.17) is 33.2 Å². The largest absolute Gasteiger partial charge is 0.339 e. The number of hydrogen-bond donors (Lipinski definition) is 0. The van der Waals surface area contributed by atoms with E-state index in [-0.39, 0.29) is 23.9 Å². The van der Waals surface area contributed by atoms with Crippen LogP contribution in [0.1, 0.15) is 143 Å². The fourth-order valence-electron chi connectivity index (χ4n) is 11.5. The molecule has 4 aromatic heterocycles. The Morgan fingerprint density at radius 2 is 0.985 bits per heavy atom. The van der Waals surface area contributed by atoms with Gasteiger partial charge < -0.3 is 9.80 Å². The number of amides is 2. The Morgan fingerprint density at radius 1 is 0.567 bits per heavy atom. The van der Waals surface area contributed by atoms with Crippen LogP contribution < -0.4 is 0 Å². The molecule has 6 aliphatic heterocycles. The van der Waals surface area contributed by atoms with Crippen molar-refractivity contribution in [3.63, 3.8) is 0 Å². The highest BCUT2D eigenvalue weighted by molar-refractivity contribution is 7.15. The van der Waals surface area contributed by atoms with E-state index < -0.39 is 0 Å². The minimum atomic E-state index is -0.390. The van der Waals surface area contributed by atoms with Gasteiger partial charge in [0.05, 0.1) is 24.3 Å². The summed E-state index contributed by atoms with van der Waals surface area (Å²) in [5.74, 6) is 4.16. The number of carbonyl (C=O) groups excluding carboxylic acids is 2. The summed E-state index contributed by atoms with van der Waals surface area (Å²) in [4.78, 5) is 44.3. The number of carbonyl (C=O) groups is 2. The Balaban J connectivity index is 0.000000148. The minimum absolute atomic E-state index is 0.184. The van der Waals surface area contributed by atoms with Crippen LogP contribution in [-0.2, 0) is 9.59 Å². The lowest BCUT2D eigenvalue weighted by Gasteiger charge is -2.45. The van der Waals surface area contributed by atoms with Crippen molar-refractivity contribution in [3.05, 3.63) is 125 Å². The van der Waals surface area contributed by atoms with Gasteiger partial charge in [-0.25, -0.2) is 0 Å². The molecular weight excluding hydrogens is 920 g/mol. The molecule has 0 unspecified atom stereocenters. The van der Waals surface area contributed by atoms with Crippen LogP contribution >= 0.6 is 45.9 Å². The summed E-state index contributed by atoms with van der Waals surface area (Å²) >= 11 is 15.9. The van der Waals surface area contributed by atoms with Crippen molar-refractivity contribution < 1.29 is 9.59 Å². The van der Waals surface area contributed by atoms with Crippen LogP contribution in [-0.4, -0.2) is 87.2 Å². The second-order valence-corrected chi connectivity index (χ2v) is 22.5. The van der Waals surface area contributed by atoms with Crippen molar-refractivity contribution in [2.45, 2.75) is 136 Å². The predicted octanol–water partition coefficient (Wildman–Crippen LogP) is 10.9. The molecule has 2 atom stereocenters. The van der Waals surface area contributed by atoms with E-state index in [1.807, 2.05) is 62.4 Å². The summed E-state index contributed by atoms with van der Waals surface area (Å²) in [5, 5.41) is 21.4. The van der Waals surface area contributed by atoms with Gasteiger partial charge in [-0.15, -0.1) is 43.1 Å². The van der Waals surface area contributed by atoms with Gasteiger partial charge in [-0.3, -0.25) is 28.7 Å². The number of aliphatic imine (C=N–C) groups is 2. The molecule has 0 spiro atoms. The number of halogens is 2. The average molecular weight is 974 g/mol. The zero-order valence-electron chi connectivity index (χ0n) is 38.7. The normalized spacial score (nSPS) is 23.3. The van der Waals surface area contributed by atoms with Gasteiger partial charge in [0.1, 0.15) is 33.7 Å². The third-order valence-corrected chi connectivity index (χ3v) is 18.1. The zero-order valence-corrected chi connectivity index (χ0v) is 41.9. The molecule has 16 heteroatoms. The molecule has 4 saturated heterocycles. The molecule has 4 bridgehead atoms. The standard InChI is InChI=1S/C26H28ClN5OS.C25H26ClN5OS/c1-14-15(2)34-26-23(14)24(18-6-8-19(27)9-7-18)28-21(25-30-29-16(3)32(25)26)12-22(33)31-13-17-4-10-20(31)11-5-17;1-13-14(2)33-25-22(13)23(16-4-6-17(26)7-5-16)27-20(24-29-28-15(3)30(24)25)12-21(32)31-18-8-9-19(31)11-10-18/h6-9,17,20-21H,4-5,10-13H2,1-3H3;4-7,18-20H,8-12H2,1-3H3/t17?,20?,21-;18?,19?,20-/m00/s1. The first-order chi connectivity index (χ1) is 32.3. The first kappa shape index (κ1) is 44.5. The summed E-state index contributed by atoms with van der Waals surface area (Å²) in [7, 11) is 0. The highest BCUT2D eigenvalue weighted by atomic mass is 35.5. The van der Waals surface area contributed by atoms with Gasteiger partial charge in [-0.1, -0.05) is 47.5 Å². The van der Waals surface area contributed by atoms with Crippen LogP contribution in [0.3, 0.4) is 0 Å². The maximum atomic E-state index is 13.6. The molecule has 13 rings (SSSR count). The number of nitrogens with zero attached hydrogens (tertiary/aromatic N) is 10. The Bertz CT molecular complexity index is 2970. The number of hydrogen-bond acceptors (Lipinski definition) is 10. The fraction of sp³-hybridized carbons (Fsp3) is 0.451. The van der Waals surface area contributed by atoms with Crippen LogP contribution in [0.15, 0.2) is 58.5 Å². The third kappa shape index (κ3) is 7.79. The number of aryl methyl sites for hydroxylation is 4. The lowest BCUT2D eigenvalue weighted by molar-refractivity contribution is -0.139. The quantitative estimate of drug-likeness (QED) is 0.164. The Hall–Kier alpha value is -5.02. The molecule has 12 nitrogen and oxygen atoms in total. The van der Waals surface area contributed by atoms with Crippen LogP contribution in [0.4, 0.5) is 0 Å². The van der Waals surface area contributed by atoms with Crippen molar-refractivity contribution in [2.24, 2.45) is 15.9 Å². The second-order valence-electron chi connectivity index (χ2n) is 19.2. The van der Waals surface area contributed by atoms with Crippen molar-refractivity contribution in [2.75, 3.05) is 6.54 Å². The van der Waals surface area contributed by atoms with Crippen LogP contribution in [0.5, 0.6) is 0 Å². The van der Waals surface area contributed by atoms with Gasteiger partial charge in [-0.2, -0.15) is 0 Å². The number of benzene rings is 2. The topological polar surface area (TPSA) is 127 Å². The average Bonchev–Trinajstić information content (AvgIpc) is 4.18. The summed E-state index contributed by atoms with van der Waals surface area (Å²) in [6.45, 7) is 13.4. The molecule has 6 aromatic rings. The first-order valence-corrected chi connectivity index (χ1v) is 26.0. The summed E-state index contributed by atoms with van der Waals surface area (Å²) in [6.07, 6.45) is 9.91. The van der Waals surface area contributed by atoms with E-state index in [1.165, 1.54) is 33.7 Å². The minimum Gasteiger partial charge on any atom is -0.339 e. The number of aromatic nitrogens is 6. The van der Waals surface area contributed by atoms with E-state index in [0.717, 1.165) is 112 Å². The van der Waals surface area contributed by atoms with Crippen LogP contribution in [0, 0.1) is 47.5 Å². The van der Waals surface area contributed by atoms with Crippen LogP contribution in [0.25, 0.3) is 10.0 Å². The molecule has 2 amide bonds. The summed E-state index contributed by atoms with van der Waals surface area (Å²) in [5.41, 5.74) is 8.39. The van der Waals surface area contributed by atoms with Gasteiger partial charge in [0.2, 0.25) is 11.8 Å². The molecule has 0 radical (unpaired) electrons. The Labute approximate surface area is 409 Å². The highest BCUT2D eigenvalue weighted by Crippen LogP contribution is 2.44. The van der Waals surface area contributed by atoms with Crippen molar-refractivity contribution in [1.82, 2.24) is 39.3 Å². The number of rotatable bonds is 6. The molecule has 10 heterocycles. The SMILES string of the molecule is Cc1sc2c(c1C)C(c1ccc(Cl)cc1)=N[C@@H](CC(=O)N1C3CCC1CC3)c1nnc(C)n1-2.Cc1sc2c(c1C)C(c1ccc(Cl)cc1)=N[C@@H](CC(=O)N1CC3CCC1CC3)c1nnc(C)n1-2. The van der Waals surface area contributed by atoms with E-state index in [9.17, 15) is 9.59 Å². The molecule has 346 valence electrons. The molecule has 5 fully saturated rings. The Kier molecular flexibility index (Phi) is 11.6. The zero-order chi connectivity index (χ0) is 46.4. The molecule has 1 aliphatic carbocycles. The van der Waals surface area contributed by atoms with Gasteiger partial charge in [0.15, 0.2) is 11.6 Å². The lowest BCUT2D eigenvalue weighted by atomic mass is 9.80. The van der Waals surface area contributed by atoms with Gasteiger partial charge in [0.25, 0.3) is 0 Å². The van der Waals surface area contributed by atoms with E-state index >= 15 is 0 Å². The maximum Gasteiger partial charge on any atom is 0.225 e. The van der Waals surface area contributed by atoms with Gasteiger partial charge in [0, 0.05) is 66.7 Å². The molecule has 2 aromatic carbocycles. The second kappa shape index (κ2) is 17.5. The number of thiophene rings is 2. The summed E-state index contributed by atoms with van der Waals surface area (Å²) in [6, 6.07) is 16.0. The predicted molar refractivity (Wildman–Crippen MR) is 266 cm³/mol. The monoisotopic (exact) mass is 972 g/mol.